The summed E-state index contributed by atoms with van der Waals surface area (Å²) < 4.78 is 0. The van der Waals surface area contributed by atoms with Crippen molar-refractivity contribution in [1.82, 2.24) is 10.2 Å². The van der Waals surface area contributed by atoms with Crippen LogP contribution in [0.2, 0.25) is 0 Å². The summed E-state index contributed by atoms with van der Waals surface area (Å²) in [7, 11) is 0. The molecule has 1 fully saturated rings. The molecule has 0 aliphatic carbocycles. The highest BCUT2D eigenvalue weighted by molar-refractivity contribution is 5.91. The predicted octanol–water partition coefficient (Wildman–Crippen LogP) is -0.726. The molecule has 0 aromatic carbocycles. The predicted molar refractivity (Wildman–Crippen MR) is 52.1 cm³/mol. The second kappa shape index (κ2) is 3.96. The molecule has 3 N–H and O–H groups in total. The first-order chi connectivity index (χ1) is 6.49. The zero-order valence-electron chi connectivity index (χ0n) is 8.78. The van der Waals surface area contributed by atoms with Crippen molar-refractivity contribution in [3.05, 3.63) is 0 Å². The van der Waals surface area contributed by atoms with Crippen molar-refractivity contribution in [3.8, 4) is 0 Å². The molecule has 0 aromatic rings. The van der Waals surface area contributed by atoms with Crippen molar-refractivity contribution in [3.63, 3.8) is 0 Å². The van der Waals surface area contributed by atoms with Crippen LogP contribution in [0.15, 0.2) is 0 Å². The molecule has 0 aromatic heterocycles. The summed E-state index contributed by atoms with van der Waals surface area (Å²) in [6, 6.07) is -0.404. The lowest BCUT2D eigenvalue weighted by Gasteiger charge is -2.28. The Morgan fingerprint density at radius 3 is 2.64 bits per heavy atom. The zero-order chi connectivity index (χ0) is 10.9. The van der Waals surface area contributed by atoms with Crippen LogP contribution in [-0.2, 0) is 9.59 Å². The van der Waals surface area contributed by atoms with Gasteiger partial charge in [-0.3, -0.25) is 9.59 Å². The van der Waals surface area contributed by atoms with Gasteiger partial charge >= 0.3 is 0 Å². The minimum Gasteiger partial charge on any atom is -0.334 e. The number of amides is 2. The van der Waals surface area contributed by atoms with Gasteiger partial charge in [-0.05, 0) is 12.8 Å². The van der Waals surface area contributed by atoms with Crippen molar-refractivity contribution in [1.29, 1.82) is 0 Å². The third-order valence-electron chi connectivity index (χ3n) is 2.48. The van der Waals surface area contributed by atoms with Gasteiger partial charge in [-0.1, -0.05) is 13.8 Å². The molecule has 1 aliphatic heterocycles. The van der Waals surface area contributed by atoms with Gasteiger partial charge in [0.25, 0.3) is 0 Å². The summed E-state index contributed by atoms with van der Waals surface area (Å²) >= 11 is 0. The summed E-state index contributed by atoms with van der Waals surface area (Å²) in [5.74, 6) is -0.0977. The number of carbonyl (C=O) groups excluding carboxylic acids is 2. The van der Waals surface area contributed by atoms with Gasteiger partial charge in [0.15, 0.2) is 0 Å². The second-order valence-corrected chi connectivity index (χ2v) is 3.88. The van der Waals surface area contributed by atoms with Crippen LogP contribution in [0.1, 0.15) is 20.8 Å². The second-order valence-electron chi connectivity index (χ2n) is 3.88. The molecular weight excluding hydrogens is 182 g/mol. The van der Waals surface area contributed by atoms with Crippen molar-refractivity contribution in [2.24, 2.45) is 11.7 Å². The highest BCUT2D eigenvalue weighted by Gasteiger charge is 2.40. The van der Waals surface area contributed by atoms with Crippen LogP contribution in [0.5, 0.6) is 0 Å². The number of nitrogens with two attached hydrogens (primary N) is 1. The normalized spacial score (nSPS) is 26.9. The molecule has 14 heavy (non-hydrogen) atoms. The van der Waals surface area contributed by atoms with E-state index in [4.69, 9.17) is 5.73 Å². The zero-order valence-corrected chi connectivity index (χ0v) is 8.78. The third kappa shape index (κ3) is 1.72. The van der Waals surface area contributed by atoms with Crippen molar-refractivity contribution >= 4 is 11.8 Å². The van der Waals surface area contributed by atoms with Crippen LogP contribution in [0, 0.1) is 5.92 Å². The van der Waals surface area contributed by atoms with Crippen molar-refractivity contribution < 1.29 is 9.59 Å². The van der Waals surface area contributed by atoms with E-state index in [-0.39, 0.29) is 30.4 Å². The lowest BCUT2D eigenvalue weighted by Crippen LogP contribution is -2.48. The van der Waals surface area contributed by atoms with Gasteiger partial charge in [-0.15, -0.1) is 0 Å². The summed E-state index contributed by atoms with van der Waals surface area (Å²) in [6.07, 6.45) is -0.214. The first-order valence-electron chi connectivity index (χ1n) is 4.80. The van der Waals surface area contributed by atoms with Crippen LogP contribution < -0.4 is 11.1 Å². The quantitative estimate of drug-likeness (QED) is 0.616. The topological polar surface area (TPSA) is 75.4 Å². The Bertz CT molecular complexity index is 252. The molecule has 0 bridgehead atoms. The Kier molecular flexibility index (Phi) is 3.10. The Hall–Kier alpha value is -1.10. The number of rotatable bonds is 2. The van der Waals surface area contributed by atoms with E-state index in [2.05, 4.69) is 5.32 Å². The Balaban J connectivity index is 2.86. The van der Waals surface area contributed by atoms with Crippen LogP contribution in [-0.4, -0.2) is 35.5 Å². The molecule has 0 saturated carbocycles. The SMILES string of the molecule is CC(C)C1NC(=O)C(C)N1C(=O)CN. The minimum absolute atomic E-state index is 0.0531. The monoisotopic (exact) mass is 199 g/mol. The fourth-order valence-corrected chi connectivity index (χ4v) is 1.67. The van der Waals surface area contributed by atoms with Gasteiger partial charge in [-0.25, -0.2) is 0 Å². The standard InChI is InChI=1S/C9H17N3O2/c1-5(2)8-11-9(14)6(3)12(8)7(13)4-10/h5-6,8H,4,10H2,1-3H3,(H,11,14). The molecule has 1 rings (SSSR count). The van der Waals surface area contributed by atoms with Crippen LogP contribution in [0.3, 0.4) is 0 Å². The largest absolute Gasteiger partial charge is 0.334 e. The van der Waals surface area contributed by atoms with E-state index in [0.717, 1.165) is 0 Å². The fourth-order valence-electron chi connectivity index (χ4n) is 1.67. The molecule has 1 saturated heterocycles. The number of hydrogen-bond acceptors (Lipinski definition) is 3. The van der Waals surface area contributed by atoms with Crippen LogP contribution in [0.4, 0.5) is 0 Å². The van der Waals surface area contributed by atoms with Gasteiger partial charge in [0.1, 0.15) is 12.2 Å². The van der Waals surface area contributed by atoms with Crippen LogP contribution in [0.25, 0.3) is 0 Å². The Morgan fingerprint density at radius 2 is 2.21 bits per heavy atom. The van der Waals surface area contributed by atoms with E-state index in [1.54, 1.807) is 6.92 Å². The maximum Gasteiger partial charge on any atom is 0.244 e. The summed E-state index contributed by atoms with van der Waals surface area (Å²) in [6.45, 7) is 5.58. The number of nitrogens with zero attached hydrogens (tertiary/aromatic N) is 1. The maximum atomic E-state index is 11.5. The van der Waals surface area contributed by atoms with Crippen molar-refractivity contribution in [2.75, 3.05) is 6.54 Å². The number of nitrogens with one attached hydrogen (secondary N) is 1. The molecule has 5 heteroatoms. The summed E-state index contributed by atoms with van der Waals surface area (Å²) in [5.41, 5.74) is 5.29. The summed E-state index contributed by atoms with van der Waals surface area (Å²) in [5, 5.41) is 2.78. The highest BCUT2D eigenvalue weighted by Crippen LogP contribution is 2.18. The van der Waals surface area contributed by atoms with Gasteiger partial charge in [-0.2, -0.15) is 0 Å². The highest BCUT2D eigenvalue weighted by atomic mass is 16.2. The lowest BCUT2D eigenvalue weighted by molar-refractivity contribution is -0.135. The van der Waals surface area contributed by atoms with Gasteiger partial charge in [0, 0.05) is 0 Å². The lowest BCUT2D eigenvalue weighted by atomic mass is 10.1. The average molecular weight is 199 g/mol. The van der Waals surface area contributed by atoms with E-state index in [9.17, 15) is 9.59 Å². The minimum atomic E-state index is -0.404. The van der Waals surface area contributed by atoms with Gasteiger partial charge in [0.05, 0.1) is 6.54 Å². The Labute approximate surface area is 83.6 Å². The molecular formula is C9H17N3O2. The molecule has 1 aliphatic rings. The molecule has 2 unspecified atom stereocenters. The third-order valence-corrected chi connectivity index (χ3v) is 2.48. The molecule has 2 atom stereocenters. The Morgan fingerprint density at radius 1 is 1.64 bits per heavy atom. The van der Waals surface area contributed by atoms with E-state index >= 15 is 0 Å². The smallest absolute Gasteiger partial charge is 0.244 e. The summed E-state index contributed by atoms with van der Waals surface area (Å²) in [4.78, 5) is 24.4. The first-order valence-corrected chi connectivity index (χ1v) is 4.80. The fraction of sp³-hybridized carbons (Fsp3) is 0.778. The van der Waals surface area contributed by atoms with Gasteiger partial charge < -0.3 is 16.0 Å². The molecule has 0 radical (unpaired) electrons. The first kappa shape index (κ1) is 11.0. The van der Waals surface area contributed by atoms with E-state index in [1.807, 2.05) is 13.8 Å². The molecule has 5 nitrogen and oxygen atoms in total. The molecule has 80 valence electrons. The molecule has 1 heterocycles. The number of hydrogen-bond donors (Lipinski definition) is 2. The maximum absolute atomic E-state index is 11.5. The van der Waals surface area contributed by atoms with Gasteiger partial charge in [0.2, 0.25) is 11.8 Å². The molecule has 2 amide bonds. The van der Waals surface area contributed by atoms with E-state index < -0.39 is 6.04 Å². The van der Waals surface area contributed by atoms with Crippen LogP contribution >= 0.6 is 0 Å². The average Bonchev–Trinajstić information content (AvgIpc) is 2.43. The number of carbonyl (C=O) groups is 2. The molecule has 0 spiro atoms. The van der Waals surface area contributed by atoms with Crippen molar-refractivity contribution in [2.45, 2.75) is 33.0 Å². The van der Waals surface area contributed by atoms with E-state index in [1.165, 1.54) is 4.90 Å². The van der Waals surface area contributed by atoms with E-state index in [0.29, 0.717) is 0 Å².